The molecule has 2 atom stereocenters. The van der Waals surface area contributed by atoms with Crippen LogP contribution >= 0.6 is 9.24 Å². The van der Waals surface area contributed by atoms with E-state index in [2.05, 4.69) is 9.24 Å². The monoisotopic (exact) mass is 263 g/mol. The molecule has 6 nitrogen and oxygen atoms in total. The Morgan fingerprint density at radius 1 is 1.29 bits per heavy atom. The molecule has 0 aromatic heterocycles. The van der Waals surface area contributed by atoms with Crippen molar-refractivity contribution < 1.29 is 14.7 Å². The van der Waals surface area contributed by atoms with Gasteiger partial charge in [0.2, 0.25) is 5.91 Å². The molecule has 100 valence electrons. The molecule has 1 amide bonds. The quantitative estimate of drug-likeness (QED) is 0.473. The maximum absolute atomic E-state index is 11.8. The summed E-state index contributed by atoms with van der Waals surface area (Å²) in [7, 11) is 2.45. The lowest BCUT2D eigenvalue weighted by Crippen LogP contribution is -2.47. The number of rotatable bonds is 9. The van der Waals surface area contributed by atoms with Gasteiger partial charge in [-0.25, -0.2) is 4.79 Å². The Morgan fingerprint density at radius 3 is 2.35 bits per heavy atom. The van der Waals surface area contributed by atoms with Crippen molar-refractivity contribution in [2.75, 3.05) is 25.8 Å². The van der Waals surface area contributed by atoms with Crippen LogP contribution in [0.2, 0.25) is 0 Å². The van der Waals surface area contributed by atoms with E-state index in [0.717, 1.165) is 0 Å². The second kappa shape index (κ2) is 9.33. The molecule has 5 N–H and O–H groups in total. The van der Waals surface area contributed by atoms with Crippen molar-refractivity contribution in [3.05, 3.63) is 0 Å². The van der Waals surface area contributed by atoms with Crippen LogP contribution in [0, 0.1) is 0 Å². The summed E-state index contributed by atoms with van der Waals surface area (Å²) in [6.07, 6.45) is 1.88. The third-order valence-electron chi connectivity index (χ3n) is 2.39. The molecule has 0 aliphatic carbocycles. The first kappa shape index (κ1) is 16.3. The van der Waals surface area contributed by atoms with E-state index in [1.807, 2.05) is 0 Å². The number of carbonyl (C=O) groups excluding carboxylic acids is 1. The van der Waals surface area contributed by atoms with Gasteiger partial charge in [-0.1, -0.05) is 0 Å². The highest BCUT2D eigenvalue weighted by Crippen LogP contribution is 2.10. The maximum Gasteiger partial charge on any atom is 0.326 e. The maximum atomic E-state index is 11.8. The molecular weight excluding hydrogens is 241 g/mol. The van der Waals surface area contributed by atoms with Crippen LogP contribution in [0.15, 0.2) is 0 Å². The van der Waals surface area contributed by atoms with Crippen LogP contribution in [0.1, 0.15) is 19.3 Å². The molecule has 0 radical (unpaired) electrons. The van der Waals surface area contributed by atoms with Crippen LogP contribution in [0.3, 0.4) is 0 Å². The Kier molecular flexibility index (Phi) is 8.94. The molecule has 0 rings (SSSR count). The van der Waals surface area contributed by atoms with Gasteiger partial charge in [-0.2, -0.15) is 0 Å². The predicted octanol–water partition coefficient (Wildman–Crippen LogP) is -0.769. The van der Waals surface area contributed by atoms with Crippen LogP contribution in [0.4, 0.5) is 0 Å². The summed E-state index contributed by atoms with van der Waals surface area (Å²) in [6, 6.07) is -0.814. The fourth-order valence-electron chi connectivity index (χ4n) is 1.58. The fraction of sp³-hybridized carbons (Fsp3) is 0.800. The van der Waals surface area contributed by atoms with Crippen molar-refractivity contribution in [1.82, 2.24) is 4.90 Å². The first-order chi connectivity index (χ1) is 8.08. The molecule has 0 bridgehead atoms. The molecule has 0 saturated carbocycles. The third kappa shape index (κ3) is 5.96. The largest absolute Gasteiger partial charge is 0.480 e. The smallest absolute Gasteiger partial charge is 0.326 e. The van der Waals surface area contributed by atoms with Gasteiger partial charge < -0.3 is 21.5 Å². The number of aliphatic carboxylic acids is 1. The van der Waals surface area contributed by atoms with Crippen molar-refractivity contribution in [1.29, 1.82) is 0 Å². The van der Waals surface area contributed by atoms with E-state index in [0.29, 0.717) is 32.0 Å². The minimum Gasteiger partial charge on any atom is -0.480 e. The molecule has 0 heterocycles. The van der Waals surface area contributed by atoms with Crippen LogP contribution in [-0.4, -0.2) is 53.7 Å². The average Bonchev–Trinajstić information content (AvgIpc) is 2.28. The Labute approximate surface area is 104 Å². The number of carboxylic acid groups (broad SMARTS) is 1. The van der Waals surface area contributed by atoms with Gasteiger partial charge in [0.05, 0.1) is 0 Å². The molecule has 0 saturated heterocycles. The third-order valence-corrected chi connectivity index (χ3v) is 2.68. The summed E-state index contributed by atoms with van der Waals surface area (Å²) < 4.78 is 0. The van der Waals surface area contributed by atoms with Crippen molar-refractivity contribution in [3.63, 3.8) is 0 Å². The van der Waals surface area contributed by atoms with Crippen LogP contribution in [0.5, 0.6) is 0 Å². The molecular formula is C10H22N3O3P. The van der Waals surface area contributed by atoms with Crippen LogP contribution < -0.4 is 11.5 Å². The number of carbonyl (C=O) groups is 2. The summed E-state index contributed by atoms with van der Waals surface area (Å²) in [5.41, 5.74) is 10.8. The Morgan fingerprint density at radius 2 is 1.94 bits per heavy atom. The summed E-state index contributed by atoms with van der Waals surface area (Å²) in [5.74, 6) is -1.17. The van der Waals surface area contributed by atoms with Crippen LogP contribution in [-0.2, 0) is 9.59 Å². The van der Waals surface area contributed by atoms with Crippen molar-refractivity contribution in [2.45, 2.75) is 25.3 Å². The molecule has 1 unspecified atom stereocenters. The van der Waals surface area contributed by atoms with E-state index in [4.69, 9.17) is 16.6 Å². The fourth-order valence-corrected chi connectivity index (χ4v) is 1.83. The van der Waals surface area contributed by atoms with Gasteiger partial charge in [0.25, 0.3) is 0 Å². The molecule has 0 fully saturated rings. The lowest BCUT2D eigenvalue weighted by molar-refractivity contribution is -0.150. The molecule has 17 heavy (non-hydrogen) atoms. The SMILES string of the molecule is NCCC[C@H](C(=O)O)N(CCN)C(=O)CCP. The number of nitrogens with zero attached hydrogens (tertiary/aromatic N) is 1. The van der Waals surface area contributed by atoms with Crippen molar-refractivity contribution in [3.8, 4) is 0 Å². The molecule has 7 heteroatoms. The van der Waals surface area contributed by atoms with E-state index < -0.39 is 12.0 Å². The number of amides is 1. The van der Waals surface area contributed by atoms with Crippen LogP contribution in [0.25, 0.3) is 0 Å². The lowest BCUT2D eigenvalue weighted by atomic mass is 10.1. The molecule has 0 aliphatic heterocycles. The number of hydrogen-bond donors (Lipinski definition) is 3. The van der Waals surface area contributed by atoms with Gasteiger partial charge >= 0.3 is 5.97 Å². The van der Waals surface area contributed by atoms with Gasteiger partial charge in [-0.15, -0.1) is 9.24 Å². The van der Waals surface area contributed by atoms with Crippen molar-refractivity contribution in [2.24, 2.45) is 11.5 Å². The summed E-state index contributed by atoms with van der Waals surface area (Å²) in [6.45, 7) is 0.943. The standard InChI is InChI=1S/C10H22N3O3P/c11-4-1-2-8(10(15)16)13(6-5-12)9(14)3-7-17/h8H,1-7,11-12,17H2,(H,15,16)/t8-/m1/s1. The lowest BCUT2D eigenvalue weighted by Gasteiger charge is -2.28. The highest BCUT2D eigenvalue weighted by Gasteiger charge is 2.27. The second-order valence-corrected chi connectivity index (χ2v) is 4.28. The average molecular weight is 263 g/mol. The number of hydrogen-bond acceptors (Lipinski definition) is 4. The Hall–Kier alpha value is -0.710. The number of nitrogens with two attached hydrogens (primary N) is 2. The number of carboxylic acids is 1. The normalized spacial score (nSPS) is 12.2. The van der Waals surface area contributed by atoms with E-state index in [1.165, 1.54) is 4.90 Å². The highest BCUT2D eigenvalue weighted by molar-refractivity contribution is 7.16. The molecule has 0 spiro atoms. The zero-order valence-electron chi connectivity index (χ0n) is 9.97. The van der Waals surface area contributed by atoms with Gasteiger partial charge in [-0.3, -0.25) is 4.79 Å². The molecule has 0 aromatic rings. The van der Waals surface area contributed by atoms with E-state index in [1.54, 1.807) is 0 Å². The first-order valence-electron chi connectivity index (χ1n) is 5.71. The Balaban J connectivity index is 4.68. The van der Waals surface area contributed by atoms with Gasteiger partial charge in [-0.05, 0) is 25.5 Å². The van der Waals surface area contributed by atoms with Gasteiger partial charge in [0.1, 0.15) is 6.04 Å². The summed E-state index contributed by atoms with van der Waals surface area (Å²) in [5, 5.41) is 9.13. The minimum atomic E-state index is -0.996. The minimum absolute atomic E-state index is 0.171. The molecule has 0 aliphatic rings. The van der Waals surface area contributed by atoms with E-state index in [9.17, 15) is 9.59 Å². The summed E-state index contributed by atoms with van der Waals surface area (Å²) in [4.78, 5) is 24.3. The van der Waals surface area contributed by atoms with E-state index in [-0.39, 0.29) is 19.0 Å². The Bertz CT molecular complexity index is 251. The second-order valence-electron chi connectivity index (χ2n) is 3.70. The zero-order valence-corrected chi connectivity index (χ0v) is 11.1. The van der Waals surface area contributed by atoms with Gasteiger partial charge in [0, 0.05) is 19.5 Å². The topological polar surface area (TPSA) is 110 Å². The summed E-state index contributed by atoms with van der Waals surface area (Å²) >= 11 is 0. The zero-order chi connectivity index (χ0) is 13.3. The van der Waals surface area contributed by atoms with E-state index >= 15 is 0 Å². The highest BCUT2D eigenvalue weighted by atomic mass is 31.0. The van der Waals surface area contributed by atoms with Gasteiger partial charge in [0.15, 0.2) is 0 Å². The molecule has 0 aromatic carbocycles. The first-order valence-corrected chi connectivity index (χ1v) is 6.52. The predicted molar refractivity (Wildman–Crippen MR) is 69.7 cm³/mol. The van der Waals surface area contributed by atoms with Crippen molar-refractivity contribution >= 4 is 21.1 Å².